The highest BCUT2D eigenvalue weighted by molar-refractivity contribution is 7.80. The molecule has 1 aliphatic carbocycles. The predicted molar refractivity (Wildman–Crippen MR) is 134 cm³/mol. The number of hydrogen-bond acceptors (Lipinski definition) is 1. The Balaban J connectivity index is 1.51. The molecule has 0 radical (unpaired) electrons. The van der Waals surface area contributed by atoms with Crippen molar-refractivity contribution in [3.05, 3.63) is 96.6 Å². The Morgan fingerprint density at radius 3 is 1.90 bits per heavy atom. The monoisotopic (exact) mass is 432 g/mol. The van der Waals surface area contributed by atoms with E-state index in [0.29, 0.717) is 11.7 Å². The normalized spacial score (nSPS) is 18.7. The van der Waals surface area contributed by atoms with Crippen molar-refractivity contribution in [1.29, 1.82) is 0 Å². The molecular weight excluding hydrogens is 403 g/mol. The van der Waals surface area contributed by atoms with E-state index in [9.17, 15) is 0 Å². The molecule has 0 aliphatic heterocycles. The standard InChI is InChI=1S/C26H29N2PS/c30-26(27-20-21-12-4-1-5-13-21)28-24-18-10-11-19-25(24)29(22-14-6-2-7-15-22)23-16-8-3-9-17-23/h1-9,12-17,24-25H,10-11,18-20H2,(H2,27,28,30)/t24-,25-/m1/s1. The molecule has 0 aromatic heterocycles. The van der Waals surface area contributed by atoms with Crippen LogP contribution in [-0.4, -0.2) is 16.8 Å². The Labute approximate surface area is 186 Å². The zero-order valence-electron chi connectivity index (χ0n) is 17.2. The highest BCUT2D eigenvalue weighted by atomic mass is 32.1. The molecule has 4 rings (SSSR count). The van der Waals surface area contributed by atoms with Crippen molar-refractivity contribution in [3.8, 4) is 0 Å². The molecule has 30 heavy (non-hydrogen) atoms. The van der Waals surface area contributed by atoms with Crippen molar-refractivity contribution in [2.75, 3.05) is 0 Å². The van der Waals surface area contributed by atoms with E-state index in [1.165, 1.54) is 41.9 Å². The van der Waals surface area contributed by atoms with Gasteiger partial charge in [0.25, 0.3) is 0 Å². The van der Waals surface area contributed by atoms with Crippen molar-refractivity contribution in [3.63, 3.8) is 0 Å². The summed E-state index contributed by atoms with van der Waals surface area (Å²) in [6.45, 7) is 0.760. The van der Waals surface area contributed by atoms with E-state index >= 15 is 0 Å². The van der Waals surface area contributed by atoms with Crippen molar-refractivity contribution in [2.45, 2.75) is 43.9 Å². The molecule has 154 valence electrons. The first-order valence-electron chi connectivity index (χ1n) is 10.8. The smallest absolute Gasteiger partial charge is 0.166 e. The number of rotatable bonds is 6. The second-order valence-electron chi connectivity index (χ2n) is 7.81. The van der Waals surface area contributed by atoms with Crippen LogP contribution in [0.5, 0.6) is 0 Å². The quantitative estimate of drug-likeness (QED) is 0.419. The molecule has 0 amide bonds. The number of thiocarbonyl (C=S) groups is 1. The summed E-state index contributed by atoms with van der Waals surface area (Å²) in [4.78, 5) is 0. The van der Waals surface area contributed by atoms with Crippen LogP contribution in [0.25, 0.3) is 0 Å². The average molecular weight is 433 g/mol. The minimum absolute atomic E-state index is 0.404. The third-order valence-electron chi connectivity index (χ3n) is 5.74. The third kappa shape index (κ3) is 5.47. The van der Waals surface area contributed by atoms with Gasteiger partial charge in [-0.25, -0.2) is 0 Å². The van der Waals surface area contributed by atoms with Gasteiger partial charge in [0.05, 0.1) is 0 Å². The van der Waals surface area contributed by atoms with Gasteiger partial charge >= 0.3 is 0 Å². The van der Waals surface area contributed by atoms with Gasteiger partial charge in [-0.05, 0) is 49.2 Å². The highest BCUT2D eigenvalue weighted by Gasteiger charge is 2.33. The minimum atomic E-state index is -0.442. The van der Waals surface area contributed by atoms with E-state index in [0.717, 1.165) is 11.7 Å². The zero-order valence-corrected chi connectivity index (χ0v) is 18.9. The van der Waals surface area contributed by atoms with Crippen LogP contribution in [0.3, 0.4) is 0 Å². The predicted octanol–water partition coefficient (Wildman–Crippen LogP) is 5.09. The number of hydrogen-bond donors (Lipinski definition) is 2. The first kappa shape index (κ1) is 21.0. The zero-order chi connectivity index (χ0) is 20.6. The maximum Gasteiger partial charge on any atom is 0.166 e. The van der Waals surface area contributed by atoms with Crippen molar-refractivity contribution >= 4 is 35.9 Å². The van der Waals surface area contributed by atoms with E-state index in [2.05, 4.69) is 95.6 Å². The fourth-order valence-electron chi connectivity index (χ4n) is 4.30. The van der Waals surface area contributed by atoms with Crippen molar-refractivity contribution in [1.82, 2.24) is 10.6 Å². The molecule has 0 spiro atoms. The van der Waals surface area contributed by atoms with Gasteiger partial charge < -0.3 is 10.6 Å². The van der Waals surface area contributed by atoms with Gasteiger partial charge in [-0.2, -0.15) is 0 Å². The lowest BCUT2D eigenvalue weighted by atomic mass is 9.95. The first-order valence-corrected chi connectivity index (χ1v) is 12.6. The maximum atomic E-state index is 5.69. The second-order valence-corrected chi connectivity index (χ2v) is 10.7. The first-order chi connectivity index (χ1) is 14.8. The lowest BCUT2D eigenvalue weighted by Crippen LogP contribution is -2.49. The summed E-state index contributed by atoms with van der Waals surface area (Å²) in [7, 11) is -0.442. The number of benzene rings is 3. The third-order valence-corrected chi connectivity index (χ3v) is 8.99. The molecule has 0 unspecified atom stereocenters. The van der Waals surface area contributed by atoms with Gasteiger partial charge in [0.15, 0.2) is 5.11 Å². The largest absolute Gasteiger partial charge is 0.359 e. The van der Waals surface area contributed by atoms with Crippen LogP contribution in [0.1, 0.15) is 31.2 Å². The summed E-state index contributed by atoms with van der Waals surface area (Å²) < 4.78 is 0. The highest BCUT2D eigenvalue weighted by Crippen LogP contribution is 2.46. The van der Waals surface area contributed by atoms with Crippen molar-refractivity contribution in [2.24, 2.45) is 0 Å². The fourth-order valence-corrected chi connectivity index (χ4v) is 7.59. The molecule has 1 aliphatic rings. The summed E-state index contributed by atoms with van der Waals surface area (Å²) in [5.74, 6) is 0. The van der Waals surface area contributed by atoms with E-state index in [-0.39, 0.29) is 0 Å². The molecular formula is C26H29N2PS. The van der Waals surface area contributed by atoms with Gasteiger partial charge in [0.1, 0.15) is 0 Å². The SMILES string of the molecule is S=C(NCc1ccccc1)N[C@@H]1CCCC[C@H]1P(c1ccccc1)c1ccccc1. The summed E-state index contributed by atoms with van der Waals surface area (Å²) in [5.41, 5.74) is 1.83. The Hall–Kier alpha value is -2.22. The van der Waals surface area contributed by atoms with E-state index in [4.69, 9.17) is 12.2 Å². The van der Waals surface area contributed by atoms with Gasteiger partial charge in [0, 0.05) is 18.2 Å². The molecule has 0 heterocycles. The Morgan fingerprint density at radius 2 is 1.30 bits per heavy atom. The van der Waals surface area contributed by atoms with E-state index < -0.39 is 7.92 Å². The Kier molecular flexibility index (Phi) is 7.50. The Morgan fingerprint density at radius 1 is 0.767 bits per heavy atom. The van der Waals surface area contributed by atoms with E-state index in [1.54, 1.807) is 0 Å². The molecule has 3 aromatic rings. The molecule has 3 aromatic carbocycles. The molecule has 2 nitrogen and oxygen atoms in total. The molecule has 0 bridgehead atoms. The van der Waals surface area contributed by atoms with Crippen LogP contribution in [0.4, 0.5) is 0 Å². The molecule has 2 N–H and O–H groups in total. The van der Waals surface area contributed by atoms with Crippen LogP contribution < -0.4 is 21.2 Å². The molecule has 1 fully saturated rings. The maximum absolute atomic E-state index is 5.69. The van der Waals surface area contributed by atoms with Crippen LogP contribution in [0.15, 0.2) is 91.0 Å². The molecule has 1 saturated carbocycles. The van der Waals surface area contributed by atoms with Gasteiger partial charge in [-0.15, -0.1) is 0 Å². The van der Waals surface area contributed by atoms with E-state index in [1.807, 2.05) is 6.07 Å². The van der Waals surface area contributed by atoms with Crippen LogP contribution in [-0.2, 0) is 6.54 Å². The minimum Gasteiger partial charge on any atom is -0.359 e. The summed E-state index contributed by atoms with van der Waals surface area (Å²) in [5, 5.41) is 10.8. The van der Waals surface area contributed by atoms with Crippen LogP contribution in [0.2, 0.25) is 0 Å². The second kappa shape index (κ2) is 10.7. The summed E-state index contributed by atoms with van der Waals surface area (Å²) >= 11 is 5.69. The number of nitrogens with one attached hydrogen (secondary N) is 2. The molecule has 4 heteroatoms. The topological polar surface area (TPSA) is 24.1 Å². The lowest BCUT2D eigenvalue weighted by Gasteiger charge is -2.39. The van der Waals surface area contributed by atoms with Gasteiger partial charge in [0.2, 0.25) is 0 Å². The average Bonchev–Trinajstić information content (AvgIpc) is 2.81. The molecule has 0 saturated heterocycles. The van der Waals surface area contributed by atoms with Crippen LogP contribution in [0, 0.1) is 0 Å². The fraction of sp³-hybridized carbons (Fsp3) is 0.269. The summed E-state index contributed by atoms with van der Waals surface area (Å²) in [6, 6.07) is 33.0. The molecule has 2 atom stereocenters. The summed E-state index contributed by atoms with van der Waals surface area (Å²) in [6.07, 6.45) is 4.98. The van der Waals surface area contributed by atoms with Gasteiger partial charge in [-0.3, -0.25) is 0 Å². The Bertz CT molecular complexity index is 878. The lowest BCUT2D eigenvalue weighted by molar-refractivity contribution is 0.420. The van der Waals surface area contributed by atoms with Crippen LogP contribution >= 0.6 is 20.1 Å². The van der Waals surface area contributed by atoms with Crippen molar-refractivity contribution < 1.29 is 0 Å². The van der Waals surface area contributed by atoms with Gasteiger partial charge in [-0.1, -0.05) is 104 Å².